The van der Waals surface area contributed by atoms with E-state index in [0.717, 1.165) is 39.9 Å². The summed E-state index contributed by atoms with van der Waals surface area (Å²) in [6, 6.07) is 12.4. The number of anilines is 1. The minimum atomic E-state index is 0.0412. The van der Waals surface area contributed by atoms with Crippen LogP contribution in [0.1, 0.15) is 22.5 Å². The zero-order valence-electron chi connectivity index (χ0n) is 12.2. The van der Waals surface area contributed by atoms with Gasteiger partial charge in [-0.2, -0.15) is 0 Å². The first-order valence-electron chi connectivity index (χ1n) is 7.69. The fraction of sp³-hybridized carbons (Fsp3) is 0.353. The van der Waals surface area contributed by atoms with Gasteiger partial charge in [0.1, 0.15) is 0 Å². The van der Waals surface area contributed by atoms with E-state index in [0.29, 0.717) is 6.04 Å². The number of carbonyl (C=O) groups is 1. The molecule has 1 amide bonds. The molecule has 0 radical (unpaired) electrons. The van der Waals surface area contributed by atoms with Crippen molar-refractivity contribution in [2.75, 3.05) is 12.3 Å². The molecule has 2 heterocycles. The van der Waals surface area contributed by atoms with Gasteiger partial charge in [0.15, 0.2) is 0 Å². The summed E-state index contributed by atoms with van der Waals surface area (Å²) in [4.78, 5) is 14.3. The third kappa shape index (κ3) is 2.51. The van der Waals surface area contributed by atoms with Crippen LogP contribution in [0.25, 0.3) is 10.4 Å². The number of benzene rings is 1. The summed E-state index contributed by atoms with van der Waals surface area (Å²) < 4.78 is 0. The number of nitrogen functional groups attached to an aromatic ring is 1. The second-order valence-electron chi connectivity index (χ2n) is 6.22. The van der Waals surface area contributed by atoms with E-state index in [2.05, 4.69) is 10.6 Å². The van der Waals surface area contributed by atoms with Crippen molar-refractivity contribution in [3.8, 4) is 10.4 Å². The Kier molecular flexibility index (Phi) is 3.39. The summed E-state index contributed by atoms with van der Waals surface area (Å²) in [6.07, 6.45) is 2.31. The van der Waals surface area contributed by atoms with Gasteiger partial charge in [0, 0.05) is 22.6 Å². The lowest BCUT2D eigenvalue weighted by atomic mass is 10.1. The Morgan fingerprint density at radius 3 is 2.91 bits per heavy atom. The van der Waals surface area contributed by atoms with E-state index < -0.39 is 0 Å². The SMILES string of the molecule is Nc1cccc(-c2ccc(C(=O)NC3CC4CNC3C4)s2)c1. The smallest absolute Gasteiger partial charge is 0.261 e. The zero-order valence-corrected chi connectivity index (χ0v) is 13.0. The second-order valence-corrected chi connectivity index (χ2v) is 7.31. The molecule has 2 fully saturated rings. The van der Waals surface area contributed by atoms with Crippen LogP contribution in [-0.4, -0.2) is 24.5 Å². The first-order valence-corrected chi connectivity index (χ1v) is 8.51. The standard InChI is InChI=1S/C17H19N3OS/c18-12-3-1-2-11(8-12)15-4-5-16(22-15)17(21)20-14-7-10-6-13(14)19-9-10/h1-5,8,10,13-14,19H,6-7,9,18H2,(H,20,21). The summed E-state index contributed by atoms with van der Waals surface area (Å²) in [5.74, 6) is 0.779. The molecule has 4 rings (SSSR count). The van der Waals surface area contributed by atoms with Crippen molar-refractivity contribution in [1.29, 1.82) is 0 Å². The number of hydrogen-bond donors (Lipinski definition) is 3. The van der Waals surface area contributed by atoms with Crippen molar-refractivity contribution in [2.45, 2.75) is 24.9 Å². The molecule has 1 saturated heterocycles. The Morgan fingerprint density at radius 2 is 2.18 bits per heavy atom. The van der Waals surface area contributed by atoms with E-state index in [1.165, 1.54) is 17.8 Å². The number of thiophene rings is 1. The van der Waals surface area contributed by atoms with Crippen LogP contribution < -0.4 is 16.4 Å². The maximum absolute atomic E-state index is 12.4. The Hall–Kier alpha value is -1.85. The molecule has 2 aliphatic rings. The molecule has 1 aliphatic heterocycles. The number of nitrogens with two attached hydrogens (primary N) is 1. The minimum Gasteiger partial charge on any atom is -0.399 e. The third-order valence-electron chi connectivity index (χ3n) is 4.65. The molecule has 3 atom stereocenters. The molecule has 1 aliphatic carbocycles. The van der Waals surface area contributed by atoms with E-state index in [-0.39, 0.29) is 11.9 Å². The number of rotatable bonds is 3. The van der Waals surface area contributed by atoms with Gasteiger partial charge in [0.25, 0.3) is 5.91 Å². The van der Waals surface area contributed by atoms with Gasteiger partial charge in [-0.25, -0.2) is 0 Å². The van der Waals surface area contributed by atoms with E-state index in [1.54, 1.807) is 0 Å². The first kappa shape index (κ1) is 13.8. The minimum absolute atomic E-state index is 0.0412. The number of piperidine rings is 1. The van der Waals surface area contributed by atoms with Crippen molar-refractivity contribution >= 4 is 22.9 Å². The number of carbonyl (C=O) groups excluding carboxylic acids is 1. The van der Waals surface area contributed by atoms with Crippen molar-refractivity contribution in [3.63, 3.8) is 0 Å². The second kappa shape index (κ2) is 5.41. The van der Waals surface area contributed by atoms with E-state index in [4.69, 9.17) is 5.73 Å². The zero-order chi connectivity index (χ0) is 15.1. The normalized spacial score (nSPS) is 26.3. The molecule has 5 heteroatoms. The van der Waals surface area contributed by atoms with Gasteiger partial charge in [-0.1, -0.05) is 12.1 Å². The van der Waals surface area contributed by atoms with Gasteiger partial charge < -0.3 is 16.4 Å². The average molecular weight is 313 g/mol. The molecule has 2 bridgehead atoms. The van der Waals surface area contributed by atoms with Gasteiger partial charge in [-0.05, 0) is 55.1 Å². The quantitative estimate of drug-likeness (QED) is 0.763. The van der Waals surface area contributed by atoms with Gasteiger partial charge >= 0.3 is 0 Å². The predicted molar refractivity (Wildman–Crippen MR) is 89.9 cm³/mol. The lowest BCUT2D eigenvalue weighted by molar-refractivity contribution is 0.0932. The summed E-state index contributed by atoms with van der Waals surface area (Å²) in [6.45, 7) is 1.11. The van der Waals surface area contributed by atoms with Gasteiger partial charge in [0.2, 0.25) is 0 Å². The maximum atomic E-state index is 12.4. The fourth-order valence-electron chi connectivity index (χ4n) is 3.56. The molecule has 4 N–H and O–H groups in total. The molecule has 1 aromatic carbocycles. The van der Waals surface area contributed by atoms with Crippen LogP contribution in [0.15, 0.2) is 36.4 Å². The van der Waals surface area contributed by atoms with Gasteiger partial charge in [0.05, 0.1) is 4.88 Å². The average Bonchev–Trinajstić information content (AvgIpc) is 3.23. The number of nitrogens with one attached hydrogen (secondary N) is 2. The first-order chi connectivity index (χ1) is 10.7. The van der Waals surface area contributed by atoms with E-state index in [9.17, 15) is 4.79 Å². The summed E-state index contributed by atoms with van der Waals surface area (Å²) in [5.41, 5.74) is 7.63. The Morgan fingerprint density at radius 1 is 1.27 bits per heavy atom. The molecule has 114 valence electrons. The number of amides is 1. The maximum Gasteiger partial charge on any atom is 0.261 e. The highest BCUT2D eigenvalue weighted by Gasteiger charge is 2.40. The molecular weight excluding hydrogens is 294 g/mol. The Balaban J connectivity index is 1.48. The molecule has 3 unspecified atom stereocenters. The molecule has 22 heavy (non-hydrogen) atoms. The van der Waals surface area contributed by atoms with Crippen LogP contribution in [0, 0.1) is 5.92 Å². The van der Waals surface area contributed by atoms with Gasteiger partial charge in [-0.3, -0.25) is 4.79 Å². The molecule has 1 aromatic heterocycles. The van der Waals surface area contributed by atoms with Crippen LogP contribution in [-0.2, 0) is 0 Å². The lowest BCUT2D eigenvalue weighted by Gasteiger charge is -2.23. The monoisotopic (exact) mass is 313 g/mol. The molecule has 2 aromatic rings. The largest absolute Gasteiger partial charge is 0.399 e. The number of fused-ring (bicyclic) bond motifs is 2. The third-order valence-corrected chi connectivity index (χ3v) is 5.78. The van der Waals surface area contributed by atoms with Crippen LogP contribution in [0.3, 0.4) is 0 Å². The summed E-state index contributed by atoms with van der Waals surface area (Å²) in [7, 11) is 0. The fourth-order valence-corrected chi connectivity index (χ4v) is 4.46. The van der Waals surface area contributed by atoms with Crippen LogP contribution >= 0.6 is 11.3 Å². The highest BCUT2D eigenvalue weighted by atomic mass is 32.1. The molecule has 4 nitrogen and oxygen atoms in total. The molecule has 0 spiro atoms. The van der Waals surface area contributed by atoms with E-state index in [1.807, 2.05) is 36.4 Å². The Bertz CT molecular complexity index is 711. The van der Waals surface area contributed by atoms with Gasteiger partial charge in [-0.15, -0.1) is 11.3 Å². The highest BCUT2D eigenvalue weighted by Crippen LogP contribution is 2.32. The van der Waals surface area contributed by atoms with Crippen LogP contribution in [0.4, 0.5) is 5.69 Å². The highest BCUT2D eigenvalue weighted by molar-refractivity contribution is 7.17. The van der Waals surface area contributed by atoms with Crippen molar-refractivity contribution in [2.24, 2.45) is 5.92 Å². The summed E-state index contributed by atoms with van der Waals surface area (Å²) >= 11 is 1.52. The Labute approximate surface area is 133 Å². The molecular formula is C17H19N3OS. The molecule has 1 saturated carbocycles. The van der Waals surface area contributed by atoms with Crippen molar-refractivity contribution < 1.29 is 4.79 Å². The van der Waals surface area contributed by atoms with Crippen LogP contribution in [0.2, 0.25) is 0 Å². The van der Waals surface area contributed by atoms with Crippen molar-refractivity contribution in [1.82, 2.24) is 10.6 Å². The summed E-state index contributed by atoms with van der Waals surface area (Å²) in [5, 5.41) is 6.66. The predicted octanol–water partition coefficient (Wildman–Crippen LogP) is 2.48. The van der Waals surface area contributed by atoms with Crippen molar-refractivity contribution in [3.05, 3.63) is 41.3 Å². The topological polar surface area (TPSA) is 67.2 Å². The number of hydrogen-bond acceptors (Lipinski definition) is 4. The van der Waals surface area contributed by atoms with E-state index >= 15 is 0 Å². The lowest BCUT2D eigenvalue weighted by Crippen LogP contribution is -2.47. The van der Waals surface area contributed by atoms with Crippen LogP contribution in [0.5, 0.6) is 0 Å².